The molecule has 2 aromatic heterocycles. The summed E-state index contributed by atoms with van der Waals surface area (Å²) in [6, 6.07) is 7.72. The largest absolute Gasteiger partial charge is 0.340 e. The third-order valence-electron chi connectivity index (χ3n) is 4.14. The van der Waals surface area contributed by atoms with Gasteiger partial charge in [0, 0.05) is 11.8 Å². The molecule has 1 aliphatic rings. The molecule has 4 rings (SSSR count). The van der Waals surface area contributed by atoms with Gasteiger partial charge in [0.2, 0.25) is 0 Å². The topological polar surface area (TPSA) is 96.6 Å². The summed E-state index contributed by atoms with van der Waals surface area (Å²) >= 11 is 3.47. The van der Waals surface area contributed by atoms with E-state index >= 15 is 0 Å². The van der Waals surface area contributed by atoms with Crippen molar-refractivity contribution in [3.63, 3.8) is 0 Å². The second kappa shape index (κ2) is 6.91. The summed E-state index contributed by atoms with van der Waals surface area (Å²) in [5.74, 6) is 0.681. The lowest BCUT2D eigenvalue weighted by Crippen LogP contribution is -2.04. The molecular formula is C18H15BrN4O3S. The maximum atomic E-state index is 11.2. The van der Waals surface area contributed by atoms with E-state index in [1.165, 1.54) is 12.1 Å². The minimum absolute atomic E-state index is 0.159. The van der Waals surface area contributed by atoms with E-state index in [1.807, 2.05) is 6.07 Å². The predicted octanol–water partition coefficient (Wildman–Crippen LogP) is 4.22. The number of hydrogen-bond donors (Lipinski definition) is 2. The summed E-state index contributed by atoms with van der Waals surface area (Å²) in [5, 5.41) is 7.56. The zero-order valence-corrected chi connectivity index (χ0v) is 16.4. The standard InChI is InChI=1S/C18H15BrN4O3S/c19-15-11-20-23-17(21-13-6-8-14(9-7-13)27(24,25)26)10-16(22-18(15)23)12-4-2-1-3-5-12/h2,4-11,21H,1,3H2,(H,24,25,26). The van der Waals surface area contributed by atoms with E-state index in [0.29, 0.717) is 17.2 Å². The van der Waals surface area contributed by atoms with Crippen LogP contribution in [0.4, 0.5) is 11.5 Å². The van der Waals surface area contributed by atoms with Crippen molar-refractivity contribution in [2.45, 2.75) is 17.7 Å². The second-order valence-corrected chi connectivity index (χ2v) is 8.29. The molecule has 0 saturated carbocycles. The number of nitrogens with zero attached hydrogens (tertiary/aromatic N) is 3. The van der Waals surface area contributed by atoms with E-state index in [0.717, 1.165) is 28.6 Å². The lowest BCUT2D eigenvalue weighted by molar-refractivity contribution is 0.483. The Morgan fingerprint density at radius 2 is 1.96 bits per heavy atom. The molecule has 1 aromatic carbocycles. The van der Waals surface area contributed by atoms with Crippen LogP contribution in [0.2, 0.25) is 0 Å². The average molecular weight is 447 g/mol. The number of benzene rings is 1. The van der Waals surface area contributed by atoms with Crippen LogP contribution in [0.5, 0.6) is 0 Å². The average Bonchev–Trinajstić information content (AvgIpc) is 3.03. The molecule has 0 aliphatic heterocycles. The molecule has 2 N–H and O–H groups in total. The summed E-state index contributed by atoms with van der Waals surface area (Å²) in [5.41, 5.74) is 3.18. The van der Waals surface area contributed by atoms with E-state index in [9.17, 15) is 8.42 Å². The summed E-state index contributed by atoms with van der Waals surface area (Å²) in [7, 11) is -4.22. The van der Waals surface area contributed by atoms with Crippen molar-refractivity contribution in [3.05, 3.63) is 64.9 Å². The Morgan fingerprint density at radius 1 is 1.19 bits per heavy atom. The van der Waals surface area contributed by atoms with Gasteiger partial charge in [0.25, 0.3) is 10.1 Å². The first-order chi connectivity index (χ1) is 12.9. The Hall–Kier alpha value is -2.49. The first-order valence-corrected chi connectivity index (χ1v) is 10.4. The summed E-state index contributed by atoms with van der Waals surface area (Å²) in [6.07, 6.45) is 9.98. The SMILES string of the molecule is O=S(=O)(O)c1ccc(Nc2cc(C3=CCCC=C3)nc3c(Br)cnn23)cc1. The maximum Gasteiger partial charge on any atom is 0.294 e. The van der Waals surface area contributed by atoms with Gasteiger partial charge in [-0.15, -0.1) is 0 Å². The molecule has 2 heterocycles. The molecule has 0 radical (unpaired) electrons. The Labute approximate surface area is 164 Å². The molecule has 138 valence electrons. The van der Waals surface area contributed by atoms with Crippen LogP contribution >= 0.6 is 15.9 Å². The third kappa shape index (κ3) is 3.66. The summed E-state index contributed by atoms with van der Waals surface area (Å²) in [4.78, 5) is 4.53. The van der Waals surface area contributed by atoms with Gasteiger partial charge in [-0.25, -0.2) is 4.98 Å². The zero-order valence-electron chi connectivity index (χ0n) is 14.0. The quantitative estimate of drug-likeness (QED) is 0.582. The number of hydrogen-bond acceptors (Lipinski definition) is 5. The van der Waals surface area contributed by atoms with Crippen molar-refractivity contribution in [3.8, 4) is 0 Å². The van der Waals surface area contributed by atoms with E-state index in [1.54, 1.807) is 22.8 Å². The lowest BCUT2D eigenvalue weighted by Gasteiger charge is -2.12. The second-order valence-electron chi connectivity index (χ2n) is 6.02. The molecule has 0 fully saturated rings. The van der Waals surface area contributed by atoms with E-state index in [4.69, 9.17) is 4.55 Å². The first kappa shape index (κ1) is 17.9. The van der Waals surface area contributed by atoms with Gasteiger partial charge in [-0.2, -0.15) is 18.0 Å². The molecule has 0 amide bonds. The number of fused-ring (bicyclic) bond motifs is 1. The molecule has 0 saturated heterocycles. The van der Waals surface area contributed by atoms with E-state index in [-0.39, 0.29) is 4.90 Å². The number of aromatic nitrogens is 3. The van der Waals surface area contributed by atoms with Crippen LogP contribution in [0.3, 0.4) is 0 Å². The summed E-state index contributed by atoms with van der Waals surface area (Å²) < 4.78 is 33.9. The molecule has 3 aromatic rings. The minimum Gasteiger partial charge on any atom is -0.340 e. The Morgan fingerprint density at radius 3 is 2.63 bits per heavy atom. The monoisotopic (exact) mass is 446 g/mol. The van der Waals surface area contributed by atoms with Crippen molar-refractivity contribution in [2.24, 2.45) is 0 Å². The lowest BCUT2D eigenvalue weighted by atomic mass is 10.0. The number of halogens is 1. The van der Waals surface area contributed by atoms with Crippen LogP contribution in [0.15, 0.2) is 64.1 Å². The summed E-state index contributed by atoms with van der Waals surface area (Å²) in [6.45, 7) is 0. The first-order valence-electron chi connectivity index (χ1n) is 8.18. The van der Waals surface area contributed by atoms with Crippen LogP contribution < -0.4 is 5.32 Å². The molecule has 0 atom stereocenters. The number of allylic oxidation sites excluding steroid dienone is 4. The van der Waals surface area contributed by atoms with Gasteiger partial charge in [0.05, 0.1) is 21.3 Å². The molecule has 1 aliphatic carbocycles. The van der Waals surface area contributed by atoms with Gasteiger partial charge in [-0.05, 0) is 58.6 Å². The van der Waals surface area contributed by atoms with E-state index < -0.39 is 10.1 Å². The fourth-order valence-corrected chi connectivity index (χ4v) is 3.66. The predicted molar refractivity (Wildman–Crippen MR) is 107 cm³/mol. The molecule has 9 heteroatoms. The third-order valence-corrected chi connectivity index (χ3v) is 5.57. The molecular weight excluding hydrogens is 432 g/mol. The van der Waals surface area contributed by atoms with Crippen LogP contribution in [-0.4, -0.2) is 27.6 Å². The van der Waals surface area contributed by atoms with Crippen molar-refractivity contribution < 1.29 is 13.0 Å². The van der Waals surface area contributed by atoms with Gasteiger partial charge >= 0.3 is 0 Å². The molecule has 0 spiro atoms. The highest BCUT2D eigenvalue weighted by molar-refractivity contribution is 9.10. The number of rotatable bonds is 4. The Bertz CT molecular complexity index is 1180. The highest BCUT2D eigenvalue weighted by Crippen LogP contribution is 2.28. The normalized spacial score (nSPS) is 14.4. The van der Waals surface area contributed by atoms with Crippen LogP contribution in [-0.2, 0) is 10.1 Å². The fraction of sp³-hybridized carbons (Fsp3) is 0.111. The molecule has 0 unspecified atom stereocenters. The maximum absolute atomic E-state index is 11.2. The zero-order chi connectivity index (χ0) is 19.0. The minimum atomic E-state index is -4.22. The van der Waals surface area contributed by atoms with Crippen LogP contribution in [0.25, 0.3) is 11.2 Å². The van der Waals surface area contributed by atoms with Gasteiger partial charge in [0.15, 0.2) is 5.65 Å². The smallest absolute Gasteiger partial charge is 0.294 e. The van der Waals surface area contributed by atoms with E-state index in [2.05, 4.69) is 49.6 Å². The number of anilines is 2. The van der Waals surface area contributed by atoms with Crippen molar-refractivity contribution in [2.75, 3.05) is 5.32 Å². The van der Waals surface area contributed by atoms with Crippen molar-refractivity contribution in [1.29, 1.82) is 0 Å². The van der Waals surface area contributed by atoms with Gasteiger partial charge < -0.3 is 5.32 Å². The van der Waals surface area contributed by atoms with Crippen LogP contribution in [0, 0.1) is 0 Å². The van der Waals surface area contributed by atoms with Gasteiger partial charge in [0.1, 0.15) is 5.82 Å². The molecule has 27 heavy (non-hydrogen) atoms. The Kier molecular flexibility index (Phi) is 4.58. The number of nitrogens with one attached hydrogen (secondary N) is 1. The van der Waals surface area contributed by atoms with Crippen LogP contribution in [0.1, 0.15) is 18.5 Å². The highest BCUT2D eigenvalue weighted by atomic mass is 79.9. The van der Waals surface area contributed by atoms with Crippen molar-refractivity contribution in [1.82, 2.24) is 14.6 Å². The van der Waals surface area contributed by atoms with Crippen molar-refractivity contribution >= 4 is 48.8 Å². The Balaban J connectivity index is 1.76. The van der Waals surface area contributed by atoms with Gasteiger partial charge in [-0.3, -0.25) is 4.55 Å². The molecule has 0 bridgehead atoms. The van der Waals surface area contributed by atoms with Gasteiger partial charge in [-0.1, -0.05) is 18.2 Å². The fourth-order valence-electron chi connectivity index (χ4n) is 2.83. The molecule has 7 nitrogen and oxygen atoms in total. The highest BCUT2D eigenvalue weighted by Gasteiger charge is 2.14.